The molecule has 0 radical (unpaired) electrons. The fraction of sp³-hybridized carbons (Fsp3) is 0.600. The summed E-state index contributed by atoms with van der Waals surface area (Å²) in [7, 11) is 0. The molecule has 0 aromatic carbocycles. The van der Waals surface area contributed by atoms with E-state index in [1.165, 1.54) is 10.9 Å². The van der Waals surface area contributed by atoms with Crippen molar-refractivity contribution in [3.05, 3.63) is 18.6 Å². The molecule has 0 spiro atoms. The number of hydrogen-bond donors (Lipinski definition) is 4. The molecule has 1 fully saturated rings. The van der Waals surface area contributed by atoms with Gasteiger partial charge in [-0.15, -0.1) is 0 Å². The number of ether oxygens (including phenoxy) is 1. The zero-order valence-corrected chi connectivity index (χ0v) is 13.1. The first-order chi connectivity index (χ1) is 10.9. The van der Waals surface area contributed by atoms with Gasteiger partial charge in [-0.3, -0.25) is 4.57 Å². The van der Waals surface area contributed by atoms with E-state index in [2.05, 4.69) is 9.97 Å². The lowest BCUT2D eigenvalue weighted by atomic mass is 9.98. The second kappa shape index (κ2) is 6.04. The molecule has 3 heterocycles. The van der Waals surface area contributed by atoms with Gasteiger partial charge in [0.15, 0.2) is 11.9 Å². The van der Waals surface area contributed by atoms with Crippen LogP contribution in [0.1, 0.15) is 26.5 Å². The van der Waals surface area contributed by atoms with Crippen LogP contribution in [0.15, 0.2) is 18.6 Å². The van der Waals surface area contributed by atoms with Crippen LogP contribution in [0.4, 0.5) is 5.69 Å². The molecular weight excluding hydrogens is 300 g/mol. The van der Waals surface area contributed by atoms with Gasteiger partial charge in [0.05, 0.1) is 18.1 Å². The Kier molecular flexibility index (Phi) is 4.24. The van der Waals surface area contributed by atoms with Gasteiger partial charge in [0.2, 0.25) is 0 Å². The van der Waals surface area contributed by atoms with Gasteiger partial charge in [-0.2, -0.15) is 0 Å². The number of aromatic nitrogens is 3. The third kappa shape index (κ3) is 2.78. The molecule has 8 heteroatoms. The third-order valence-corrected chi connectivity index (χ3v) is 4.13. The maximum atomic E-state index is 10.3. The Morgan fingerprint density at radius 3 is 2.74 bits per heavy atom. The molecule has 126 valence electrons. The number of anilines is 1. The van der Waals surface area contributed by atoms with E-state index in [1.807, 2.05) is 13.8 Å². The van der Waals surface area contributed by atoms with Gasteiger partial charge < -0.3 is 25.8 Å². The maximum absolute atomic E-state index is 10.3. The predicted molar refractivity (Wildman–Crippen MR) is 83.3 cm³/mol. The molecule has 8 nitrogen and oxygen atoms in total. The lowest BCUT2D eigenvalue weighted by molar-refractivity contribution is -0.0881. The third-order valence-electron chi connectivity index (χ3n) is 4.13. The van der Waals surface area contributed by atoms with Crippen LogP contribution in [0.5, 0.6) is 0 Å². The van der Waals surface area contributed by atoms with E-state index in [0.717, 1.165) is 0 Å². The van der Waals surface area contributed by atoms with Gasteiger partial charge in [-0.1, -0.05) is 13.8 Å². The average Bonchev–Trinajstić information content (AvgIpc) is 3.02. The Labute approximate surface area is 133 Å². The van der Waals surface area contributed by atoms with E-state index in [1.54, 1.807) is 12.3 Å². The molecule has 5 N–H and O–H groups in total. The summed E-state index contributed by atoms with van der Waals surface area (Å²) in [6.45, 7) is 3.93. The van der Waals surface area contributed by atoms with Crippen molar-refractivity contribution in [1.29, 1.82) is 0 Å². The number of hydrogen-bond acceptors (Lipinski definition) is 7. The van der Waals surface area contributed by atoms with Gasteiger partial charge in [0.1, 0.15) is 23.8 Å². The standard InChI is InChI=1S/C15H22N4O4/c1-7(2)5-9(20)13-11(21)12(22)15(23-13)19-6-18-10-8(16)3-4-17-14(10)19/h3-4,6-7,9,11-13,15,20-22H,5H2,1-2H3,(H2,16,17). The monoisotopic (exact) mass is 322 g/mol. The quantitative estimate of drug-likeness (QED) is 0.626. The van der Waals surface area contributed by atoms with Crippen molar-refractivity contribution in [2.24, 2.45) is 5.92 Å². The summed E-state index contributed by atoms with van der Waals surface area (Å²) in [6, 6.07) is 1.63. The first-order valence-corrected chi connectivity index (χ1v) is 7.66. The van der Waals surface area contributed by atoms with E-state index in [4.69, 9.17) is 10.5 Å². The molecule has 5 atom stereocenters. The largest absolute Gasteiger partial charge is 0.397 e. The summed E-state index contributed by atoms with van der Waals surface area (Å²) in [6.07, 6.45) is -1.51. The molecular formula is C15H22N4O4. The molecule has 23 heavy (non-hydrogen) atoms. The first kappa shape index (κ1) is 16.1. The maximum Gasteiger partial charge on any atom is 0.165 e. The minimum absolute atomic E-state index is 0.243. The highest BCUT2D eigenvalue weighted by molar-refractivity contribution is 5.83. The fourth-order valence-corrected chi connectivity index (χ4v) is 2.99. The predicted octanol–water partition coefficient (Wildman–Crippen LogP) is 0.0397. The van der Waals surface area contributed by atoms with E-state index in [0.29, 0.717) is 23.3 Å². The van der Waals surface area contributed by atoms with Crippen molar-refractivity contribution in [1.82, 2.24) is 14.5 Å². The van der Waals surface area contributed by atoms with Crippen LogP contribution in [-0.2, 0) is 4.74 Å². The summed E-state index contributed by atoms with van der Waals surface area (Å²) in [5, 5.41) is 30.8. The highest BCUT2D eigenvalue weighted by Gasteiger charge is 2.47. The molecule has 0 aliphatic carbocycles. The SMILES string of the molecule is CC(C)CC(O)C1OC(n2cnc3c(N)ccnc32)C(O)C1O. The van der Waals surface area contributed by atoms with E-state index >= 15 is 0 Å². The average molecular weight is 322 g/mol. The highest BCUT2D eigenvalue weighted by Crippen LogP contribution is 2.34. The number of nitrogens with zero attached hydrogens (tertiary/aromatic N) is 3. The number of imidazole rings is 1. The molecule has 0 bridgehead atoms. The summed E-state index contributed by atoms with van der Waals surface area (Å²) >= 11 is 0. The van der Waals surface area contributed by atoms with Gasteiger partial charge in [0, 0.05) is 6.20 Å². The summed E-state index contributed by atoms with van der Waals surface area (Å²) in [4.78, 5) is 8.39. The van der Waals surface area contributed by atoms with Crippen molar-refractivity contribution in [2.45, 2.75) is 50.9 Å². The van der Waals surface area contributed by atoms with Crippen LogP contribution < -0.4 is 5.73 Å². The van der Waals surface area contributed by atoms with Crippen molar-refractivity contribution in [3.63, 3.8) is 0 Å². The molecule has 2 aromatic rings. The van der Waals surface area contributed by atoms with Crippen molar-refractivity contribution in [2.75, 3.05) is 5.73 Å². The molecule has 0 amide bonds. The van der Waals surface area contributed by atoms with Crippen molar-refractivity contribution < 1.29 is 20.1 Å². The molecule has 1 aliphatic rings. The number of nitrogens with two attached hydrogens (primary N) is 1. The number of aliphatic hydroxyl groups is 3. The normalized spacial score (nSPS) is 29.5. The van der Waals surface area contributed by atoms with Gasteiger partial charge in [0.25, 0.3) is 0 Å². The van der Waals surface area contributed by atoms with Crippen LogP contribution in [0, 0.1) is 5.92 Å². The van der Waals surface area contributed by atoms with Gasteiger partial charge in [-0.05, 0) is 18.4 Å². The first-order valence-electron chi connectivity index (χ1n) is 7.66. The number of nitrogen functional groups attached to an aromatic ring is 1. The van der Waals surface area contributed by atoms with Crippen molar-refractivity contribution >= 4 is 16.9 Å². The topological polar surface area (TPSA) is 127 Å². The lowest BCUT2D eigenvalue weighted by Gasteiger charge is -2.22. The lowest BCUT2D eigenvalue weighted by Crippen LogP contribution is -2.39. The molecule has 2 aromatic heterocycles. The zero-order valence-electron chi connectivity index (χ0n) is 13.1. The molecule has 3 rings (SSSR count). The number of rotatable bonds is 4. The van der Waals surface area contributed by atoms with Crippen LogP contribution in [0.25, 0.3) is 11.2 Å². The van der Waals surface area contributed by atoms with Crippen LogP contribution in [0.3, 0.4) is 0 Å². The van der Waals surface area contributed by atoms with E-state index < -0.39 is 30.6 Å². The Morgan fingerprint density at radius 1 is 1.30 bits per heavy atom. The summed E-state index contributed by atoms with van der Waals surface area (Å²) < 4.78 is 7.26. The Balaban J connectivity index is 1.89. The molecule has 0 saturated carbocycles. The van der Waals surface area contributed by atoms with E-state index in [9.17, 15) is 15.3 Å². The Morgan fingerprint density at radius 2 is 2.04 bits per heavy atom. The number of fused-ring (bicyclic) bond motifs is 1. The second-order valence-electron chi connectivity index (χ2n) is 6.39. The second-order valence-corrected chi connectivity index (χ2v) is 6.39. The molecule has 1 aliphatic heterocycles. The van der Waals surface area contributed by atoms with Crippen LogP contribution in [-0.4, -0.2) is 54.3 Å². The molecule has 1 saturated heterocycles. The van der Waals surface area contributed by atoms with Crippen LogP contribution in [0.2, 0.25) is 0 Å². The van der Waals surface area contributed by atoms with Crippen molar-refractivity contribution in [3.8, 4) is 0 Å². The number of pyridine rings is 1. The minimum atomic E-state index is -1.19. The van der Waals surface area contributed by atoms with E-state index in [-0.39, 0.29) is 5.92 Å². The minimum Gasteiger partial charge on any atom is -0.397 e. The zero-order chi connectivity index (χ0) is 16.7. The highest BCUT2D eigenvalue weighted by atomic mass is 16.6. The summed E-state index contributed by atoms with van der Waals surface area (Å²) in [5.41, 5.74) is 7.28. The molecule has 5 unspecified atom stereocenters. The number of aliphatic hydroxyl groups excluding tert-OH is 3. The van der Waals surface area contributed by atoms with Gasteiger partial charge >= 0.3 is 0 Å². The fourth-order valence-electron chi connectivity index (χ4n) is 2.99. The Bertz CT molecular complexity index is 689. The summed E-state index contributed by atoms with van der Waals surface area (Å²) in [5.74, 6) is 0.243. The smallest absolute Gasteiger partial charge is 0.165 e. The van der Waals surface area contributed by atoms with Gasteiger partial charge in [-0.25, -0.2) is 9.97 Å². The van der Waals surface area contributed by atoms with Crippen LogP contribution >= 0.6 is 0 Å². The Hall–Kier alpha value is -1.74.